The Morgan fingerprint density at radius 2 is 2.29 bits per heavy atom. The lowest BCUT2D eigenvalue weighted by atomic mass is 10.2. The van der Waals surface area contributed by atoms with Crippen molar-refractivity contribution in [3.63, 3.8) is 0 Å². The van der Waals surface area contributed by atoms with Gasteiger partial charge in [-0.15, -0.1) is 5.92 Å². The second-order valence-electron chi connectivity index (χ2n) is 4.09. The Bertz CT molecular complexity index is 443. The highest BCUT2D eigenvalue weighted by Gasteiger charge is 2.21. The molecule has 1 aromatic carbocycles. The van der Waals surface area contributed by atoms with E-state index in [0.717, 1.165) is 22.9 Å². The lowest BCUT2D eigenvalue weighted by molar-refractivity contribution is 0.364. The van der Waals surface area contributed by atoms with Crippen LogP contribution < -0.4 is 10.1 Å². The number of hydrogen-bond donors (Lipinski definition) is 1. The smallest absolute Gasteiger partial charge is 0.149 e. The molecule has 1 fully saturated rings. The molecule has 0 amide bonds. The first-order valence-corrected chi connectivity index (χ1v) is 6.22. The topological polar surface area (TPSA) is 21.3 Å². The van der Waals surface area contributed by atoms with Crippen LogP contribution in [0.25, 0.3) is 0 Å². The van der Waals surface area contributed by atoms with E-state index in [4.69, 9.17) is 16.3 Å². The zero-order valence-electron chi connectivity index (χ0n) is 9.92. The van der Waals surface area contributed by atoms with Gasteiger partial charge in [-0.25, -0.2) is 0 Å². The molecule has 2 rings (SSSR count). The summed E-state index contributed by atoms with van der Waals surface area (Å²) in [5.41, 5.74) is 1.03. The van der Waals surface area contributed by atoms with Gasteiger partial charge < -0.3 is 10.1 Å². The molecule has 0 saturated heterocycles. The van der Waals surface area contributed by atoms with E-state index in [9.17, 15) is 0 Å². The third-order valence-electron chi connectivity index (χ3n) is 2.70. The molecular formula is C14H16ClNO. The Balaban J connectivity index is 2.04. The predicted octanol–water partition coefficient (Wildman–Crippen LogP) is 2.99. The average Bonchev–Trinajstić information content (AvgIpc) is 3.12. The van der Waals surface area contributed by atoms with Crippen LogP contribution in [-0.4, -0.2) is 12.6 Å². The summed E-state index contributed by atoms with van der Waals surface area (Å²) in [7, 11) is 0. The van der Waals surface area contributed by atoms with Crippen LogP contribution in [0.3, 0.4) is 0 Å². The van der Waals surface area contributed by atoms with Gasteiger partial charge in [0.15, 0.2) is 0 Å². The highest BCUT2D eigenvalue weighted by atomic mass is 35.5. The second kappa shape index (κ2) is 5.95. The Morgan fingerprint density at radius 3 is 3.00 bits per heavy atom. The summed E-state index contributed by atoms with van der Waals surface area (Å²) >= 11 is 6.19. The zero-order chi connectivity index (χ0) is 12.1. The molecule has 1 saturated carbocycles. The van der Waals surface area contributed by atoms with Crippen LogP contribution in [0.5, 0.6) is 5.75 Å². The summed E-state index contributed by atoms with van der Waals surface area (Å²) in [5, 5.41) is 4.19. The zero-order valence-corrected chi connectivity index (χ0v) is 10.7. The molecule has 0 aromatic heterocycles. The van der Waals surface area contributed by atoms with E-state index in [1.165, 1.54) is 12.8 Å². The average molecular weight is 250 g/mol. The van der Waals surface area contributed by atoms with Crippen LogP contribution >= 0.6 is 11.6 Å². The summed E-state index contributed by atoms with van der Waals surface area (Å²) in [4.78, 5) is 0. The molecule has 1 aromatic rings. The normalized spacial score (nSPS) is 14.0. The van der Waals surface area contributed by atoms with Gasteiger partial charge in [0.1, 0.15) is 12.4 Å². The maximum Gasteiger partial charge on any atom is 0.149 e. The standard InChI is InChI=1S/C14H16ClNO/c1-2-3-9-17-14-6-4-5-13(15)12(14)10-16-11-7-8-11/h4-6,11,16H,7-10H2,1H3. The number of ether oxygens (including phenoxy) is 1. The van der Waals surface area contributed by atoms with Crippen molar-refractivity contribution in [2.24, 2.45) is 0 Å². The van der Waals surface area contributed by atoms with E-state index >= 15 is 0 Å². The summed E-state index contributed by atoms with van der Waals surface area (Å²) in [6.07, 6.45) is 2.53. The van der Waals surface area contributed by atoms with Crippen molar-refractivity contribution in [1.29, 1.82) is 0 Å². The maximum absolute atomic E-state index is 6.19. The number of hydrogen-bond acceptors (Lipinski definition) is 2. The fourth-order valence-electron chi connectivity index (χ4n) is 1.57. The first kappa shape index (κ1) is 12.3. The van der Waals surface area contributed by atoms with Crippen molar-refractivity contribution in [3.8, 4) is 17.6 Å². The molecule has 0 spiro atoms. The van der Waals surface area contributed by atoms with Crippen molar-refractivity contribution in [2.45, 2.75) is 32.4 Å². The molecule has 17 heavy (non-hydrogen) atoms. The van der Waals surface area contributed by atoms with Crippen LogP contribution in [0, 0.1) is 11.8 Å². The van der Waals surface area contributed by atoms with Gasteiger partial charge in [-0.3, -0.25) is 0 Å². The predicted molar refractivity (Wildman–Crippen MR) is 70.3 cm³/mol. The van der Waals surface area contributed by atoms with Gasteiger partial charge >= 0.3 is 0 Å². The third kappa shape index (κ3) is 3.66. The number of benzene rings is 1. The van der Waals surface area contributed by atoms with Gasteiger partial charge in [-0.1, -0.05) is 23.6 Å². The van der Waals surface area contributed by atoms with Crippen molar-refractivity contribution >= 4 is 11.6 Å². The first-order valence-electron chi connectivity index (χ1n) is 5.84. The highest BCUT2D eigenvalue weighted by Crippen LogP contribution is 2.28. The molecule has 90 valence electrons. The van der Waals surface area contributed by atoms with Crippen LogP contribution in [-0.2, 0) is 6.54 Å². The van der Waals surface area contributed by atoms with E-state index in [-0.39, 0.29) is 0 Å². The third-order valence-corrected chi connectivity index (χ3v) is 3.05. The van der Waals surface area contributed by atoms with Crippen molar-refractivity contribution in [3.05, 3.63) is 28.8 Å². The van der Waals surface area contributed by atoms with Gasteiger partial charge in [0.25, 0.3) is 0 Å². The lowest BCUT2D eigenvalue weighted by Gasteiger charge is -2.12. The molecular weight excluding hydrogens is 234 g/mol. The van der Waals surface area contributed by atoms with Crippen LogP contribution in [0.2, 0.25) is 5.02 Å². The number of rotatable bonds is 5. The van der Waals surface area contributed by atoms with E-state index in [0.29, 0.717) is 12.6 Å². The Morgan fingerprint density at radius 1 is 1.47 bits per heavy atom. The highest BCUT2D eigenvalue weighted by molar-refractivity contribution is 6.31. The summed E-state index contributed by atoms with van der Waals surface area (Å²) in [6.45, 7) is 2.98. The molecule has 0 unspecified atom stereocenters. The molecule has 1 aliphatic rings. The molecule has 1 N–H and O–H groups in total. The summed E-state index contributed by atoms with van der Waals surface area (Å²) in [6, 6.07) is 6.39. The molecule has 1 aliphatic carbocycles. The van der Waals surface area contributed by atoms with E-state index in [1.807, 2.05) is 18.2 Å². The van der Waals surface area contributed by atoms with Gasteiger partial charge in [0, 0.05) is 23.2 Å². The first-order chi connectivity index (χ1) is 8.31. The summed E-state index contributed by atoms with van der Waals surface area (Å²) < 4.78 is 5.61. The van der Waals surface area contributed by atoms with Gasteiger partial charge in [-0.05, 0) is 31.9 Å². The molecule has 0 radical (unpaired) electrons. The molecule has 0 bridgehead atoms. The van der Waals surface area contributed by atoms with Gasteiger partial charge in [0.2, 0.25) is 0 Å². The minimum absolute atomic E-state index is 0.410. The number of nitrogens with one attached hydrogen (secondary N) is 1. The number of halogens is 1. The summed E-state index contributed by atoms with van der Waals surface area (Å²) in [5.74, 6) is 6.52. The van der Waals surface area contributed by atoms with E-state index < -0.39 is 0 Å². The minimum Gasteiger partial charge on any atom is -0.481 e. The minimum atomic E-state index is 0.410. The molecule has 0 aliphatic heterocycles. The monoisotopic (exact) mass is 249 g/mol. The second-order valence-corrected chi connectivity index (χ2v) is 4.49. The Labute approximate surface area is 107 Å². The molecule has 0 heterocycles. The van der Waals surface area contributed by atoms with Crippen LogP contribution in [0.15, 0.2) is 18.2 Å². The molecule has 3 heteroatoms. The van der Waals surface area contributed by atoms with E-state index in [2.05, 4.69) is 17.2 Å². The maximum atomic E-state index is 6.19. The van der Waals surface area contributed by atoms with Gasteiger partial charge in [0.05, 0.1) is 0 Å². The van der Waals surface area contributed by atoms with E-state index in [1.54, 1.807) is 6.92 Å². The van der Waals surface area contributed by atoms with Crippen molar-refractivity contribution < 1.29 is 4.74 Å². The Hall–Kier alpha value is -1.17. The molecule has 2 nitrogen and oxygen atoms in total. The van der Waals surface area contributed by atoms with Crippen LogP contribution in [0.4, 0.5) is 0 Å². The van der Waals surface area contributed by atoms with Crippen molar-refractivity contribution in [1.82, 2.24) is 5.32 Å². The molecule has 0 atom stereocenters. The largest absolute Gasteiger partial charge is 0.481 e. The van der Waals surface area contributed by atoms with Crippen LogP contribution in [0.1, 0.15) is 25.3 Å². The fourth-order valence-corrected chi connectivity index (χ4v) is 1.80. The lowest BCUT2D eigenvalue weighted by Crippen LogP contribution is -2.16. The van der Waals surface area contributed by atoms with Gasteiger partial charge in [-0.2, -0.15) is 0 Å². The SMILES string of the molecule is CC#CCOc1cccc(Cl)c1CNC1CC1. The fraction of sp³-hybridized carbons (Fsp3) is 0.429. The van der Waals surface area contributed by atoms with Crippen molar-refractivity contribution in [2.75, 3.05) is 6.61 Å². The Kier molecular flexibility index (Phi) is 4.30. The quantitative estimate of drug-likeness (QED) is 0.810.